The van der Waals surface area contributed by atoms with E-state index in [0.29, 0.717) is 5.92 Å². The Labute approximate surface area is 171 Å². The van der Waals surface area contributed by atoms with Crippen LogP contribution in [0.2, 0.25) is 0 Å². The summed E-state index contributed by atoms with van der Waals surface area (Å²) in [5.74, 6) is 0.703. The van der Waals surface area contributed by atoms with E-state index in [1.807, 2.05) is 17.0 Å². The Kier molecular flexibility index (Phi) is 12.0. The highest BCUT2D eigenvalue weighted by Crippen LogP contribution is 2.22. The van der Waals surface area contributed by atoms with Crippen molar-refractivity contribution in [3.8, 4) is 0 Å². The van der Waals surface area contributed by atoms with Crippen molar-refractivity contribution in [1.29, 1.82) is 0 Å². The number of halogens is 2. The van der Waals surface area contributed by atoms with Gasteiger partial charge in [0.25, 0.3) is 5.91 Å². The van der Waals surface area contributed by atoms with Gasteiger partial charge in [-0.25, -0.2) is 0 Å². The van der Waals surface area contributed by atoms with Crippen molar-refractivity contribution < 1.29 is 4.79 Å². The minimum atomic E-state index is 0. The number of benzene rings is 1. The number of nitrogens with zero attached hydrogens (tertiary/aromatic N) is 2. The summed E-state index contributed by atoms with van der Waals surface area (Å²) < 4.78 is 0. The van der Waals surface area contributed by atoms with Crippen molar-refractivity contribution in [2.75, 3.05) is 31.1 Å². The molecule has 1 fully saturated rings. The molecule has 1 aliphatic rings. The minimum absolute atomic E-state index is 0. The van der Waals surface area contributed by atoms with Crippen molar-refractivity contribution in [3.05, 3.63) is 29.8 Å². The summed E-state index contributed by atoms with van der Waals surface area (Å²) in [5, 5.41) is 0. The number of anilines is 1. The zero-order valence-electron chi connectivity index (χ0n) is 16.3. The molecule has 0 aliphatic carbocycles. The van der Waals surface area contributed by atoms with E-state index in [0.717, 1.165) is 44.6 Å². The molecule has 2 N–H and O–H groups in total. The smallest absolute Gasteiger partial charge is 0.253 e. The van der Waals surface area contributed by atoms with Crippen LogP contribution in [0, 0.1) is 5.92 Å². The molecule has 0 spiro atoms. The zero-order chi connectivity index (χ0) is 17.5. The Hall–Kier alpha value is -0.970. The van der Waals surface area contributed by atoms with Crippen molar-refractivity contribution in [1.82, 2.24) is 4.90 Å². The van der Waals surface area contributed by atoms with Crippen LogP contribution < -0.4 is 10.6 Å². The number of piperidine rings is 1. The second-order valence-corrected chi connectivity index (χ2v) is 6.97. The molecule has 1 aromatic rings. The molecule has 0 radical (unpaired) electrons. The van der Waals surface area contributed by atoms with Crippen LogP contribution in [-0.4, -0.2) is 43.0 Å². The van der Waals surface area contributed by atoms with E-state index >= 15 is 0 Å². The third-order valence-electron chi connectivity index (χ3n) is 5.21. The molecule has 0 aromatic heterocycles. The number of carbonyl (C=O) groups is 1. The van der Waals surface area contributed by atoms with Crippen LogP contribution in [0.3, 0.4) is 0 Å². The molecule has 1 aliphatic heterocycles. The summed E-state index contributed by atoms with van der Waals surface area (Å²) in [5.41, 5.74) is 7.99. The fourth-order valence-electron chi connectivity index (χ4n) is 3.44. The molecule has 1 amide bonds. The van der Waals surface area contributed by atoms with Crippen molar-refractivity contribution >= 4 is 36.4 Å². The quantitative estimate of drug-likeness (QED) is 0.735. The molecule has 1 aromatic carbocycles. The third kappa shape index (κ3) is 6.64. The van der Waals surface area contributed by atoms with Gasteiger partial charge in [0.15, 0.2) is 0 Å². The van der Waals surface area contributed by atoms with E-state index in [-0.39, 0.29) is 36.8 Å². The summed E-state index contributed by atoms with van der Waals surface area (Å²) in [6.07, 6.45) is 4.43. The predicted octanol–water partition coefficient (Wildman–Crippen LogP) is 4.36. The van der Waals surface area contributed by atoms with Gasteiger partial charge in [0.2, 0.25) is 0 Å². The van der Waals surface area contributed by atoms with E-state index in [9.17, 15) is 4.79 Å². The molecule has 1 heterocycles. The summed E-state index contributed by atoms with van der Waals surface area (Å²) in [6, 6.07) is 8.35. The molecular formula is C20H35Cl2N3O. The topological polar surface area (TPSA) is 49.6 Å². The van der Waals surface area contributed by atoms with Gasteiger partial charge in [0.1, 0.15) is 0 Å². The standard InChI is InChI=1S/C20H33N3O.2ClH/c1-4-6-13-22(5-2)19-9-7-18(8-10-19)20(24)23-14-11-17(12-15-23)16(3)21;;/h7-10,16-17H,4-6,11-15,21H2,1-3H3;2*1H. The number of amides is 1. The zero-order valence-corrected chi connectivity index (χ0v) is 18.0. The molecular weight excluding hydrogens is 369 g/mol. The van der Waals surface area contributed by atoms with Gasteiger partial charge in [-0.2, -0.15) is 0 Å². The molecule has 150 valence electrons. The number of nitrogens with two attached hydrogens (primary N) is 1. The lowest BCUT2D eigenvalue weighted by atomic mass is 9.90. The third-order valence-corrected chi connectivity index (χ3v) is 5.21. The highest BCUT2D eigenvalue weighted by Gasteiger charge is 2.25. The Bertz CT molecular complexity index is 514. The molecule has 26 heavy (non-hydrogen) atoms. The Morgan fingerprint density at radius 3 is 2.23 bits per heavy atom. The fraction of sp³-hybridized carbons (Fsp3) is 0.650. The van der Waals surface area contributed by atoms with Crippen LogP contribution >= 0.6 is 24.8 Å². The van der Waals surface area contributed by atoms with Gasteiger partial charge in [0.05, 0.1) is 0 Å². The lowest BCUT2D eigenvalue weighted by Gasteiger charge is -2.33. The van der Waals surface area contributed by atoms with E-state index in [4.69, 9.17) is 5.73 Å². The average molecular weight is 404 g/mol. The summed E-state index contributed by atoms with van der Waals surface area (Å²) in [6.45, 7) is 10.2. The second-order valence-electron chi connectivity index (χ2n) is 6.97. The van der Waals surface area contributed by atoms with Gasteiger partial charge >= 0.3 is 0 Å². The van der Waals surface area contributed by atoms with Crippen molar-refractivity contribution in [2.45, 2.75) is 52.5 Å². The van der Waals surface area contributed by atoms with E-state index in [1.165, 1.54) is 18.5 Å². The fourth-order valence-corrected chi connectivity index (χ4v) is 3.44. The number of hydrogen-bond donors (Lipinski definition) is 1. The maximum Gasteiger partial charge on any atom is 0.253 e. The normalized spacial score (nSPS) is 15.6. The van der Waals surface area contributed by atoms with E-state index in [2.05, 4.69) is 37.8 Å². The molecule has 0 saturated carbocycles. The molecule has 4 nitrogen and oxygen atoms in total. The van der Waals surface area contributed by atoms with E-state index in [1.54, 1.807) is 0 Å². The summed E-state index contributed by atoms with van der Waals surface area (Å²) in [4.78, 5) is 17.0. The number of rotatable bonds is 7. The van der Waals surface area contributed by atoms with Crippen molar-refractivity contribution in [2.24, 2.45) is 11.7 Å². The van der Waals surface area contributed by atoms with Crippen LogP contribution in [0.25, 0.3) is 0 Å². The first kappa shape index (κ1) is 25.0. The summed E-state index contributed by atoms with van der Waals surface area (Å²) in [7, 11) is 0. The highest BCUT2D eigenvalue weighted by atomic mass is 35.5. The van der Waals surface area contributed by atoms with Gasteiger partial charge in [-0.15, -0.1) is 24.8 Å². The number of hydrogen-bond acceptors (Lipinski definition) is 3. The van der Waals surface area contributed by atoms with Gasteiger partial charge < -0.3 is 15.5 Å². The SMILES string of the molecule is CCCCN(CC)c1ccc(C(=O)N2CCC(C(C)N)CC2)cc1.Cl.Cl. The van der Waals surface area contributed by atoms with Gasteiger partial charge in [-0.3, -0.25) is 4.79 Å². The van der Waals surface area contributed by atoms with Crippen LogP contribution in [0.4, 0.5) is 5.69 Å². The van der Waals surface area contributed by atoms with Crippen LogP contribution in [-0.2, 0) is 0 Å². The maximum atomic E-state index is 12.7. The molecule has 0 bridgehead atoms. The molecule has 1 atom stereocenters. The lowest BCUT2D eigenvalue weighted by Crippen LogP contribution is -2.42. The van der Waals surface area contributed by atoms with E-state index < -0.39 is 0 Å². The average Bonchev–Trinajstić information content (AvgIpc) is 2.62. The van der Waals surface area contributed by atoms with Gasteiger partial charge in [-0.05, 0) is 63.3 Å². The molecule has 1 saturated heterocycles. The Morgan fingerprint density at radius 2 is 1.77 bits per heavy atom. The number of carbonyl (C=O) groups excluding carboxylic acids is 1. The first-order valence-electron chi connectivity index (χ1n) is 9.46. The first-order chi connectivity index (χ1) is 11.6. The van der Waals surface area contributed by atoms with Gasteiger partial charge in [-0.1, -0.05) is 13.3 Å². The molecule has 6 heteroatoms. The maximum absolute atomic E-state index is 12.7. The number of likely N-dealkylation sites (tertiary alicyclic amines) is 1. The van der Waals surface area contributed by atoms with Gasteiger partial charge in [0, 0.05) is 43.5 Å². The monoisotopic (exact) mass is 403 g/mol. The second kappa shape index (κ2) is 12.4. The number of unbranched alkanes of at least 4 members (excludes halogenated alkanes) is 1. The van der Waals surface area contributed by atoms with Crippen LogP contribution in [0.5, 0.6) is 0 Å². The van der Waals surface area contributed by atoms with Crippen LogP contribution in [0.1, 0.15) is 56.8 Å². The van der Waals surface area contributed by atoms with Crippen LogP contribution in [0.15, 0.2) is 24.3 Å². The Balaban J connectivity index is 0.00000312. The Morgan fingerprint density at radius 1 is 1.19 bits per heavy atom. The highest BCUT2D eigenvalue weighted by molar-refractivity contribution is 5.94. The summed E-state index contributed by atoms with van der Waals surface area (Å²) >= 11 is 0. The molecule has 1 unspecified atom stereocenters. The predicted molar refractivity (Wildman–Crippen MR) is 116 cm³/mol. The largest absolute Gasteiger partial charge is 0.372 e. The molecule has 2 rings (SSSR count). The first-order valence-corrected chi connectivity index (χ1v) is 9.46. The van der Waals surface area contributed by atoms with Crippen molar-refractivity contribution in [3.63, 3.8) is 0 Å². The lowest BCUT2D eigenvalue weighted by molar-refractivity contribution is 0.0681. The minimum Gasteiger partial charge on any atom is -0.372 e.